The first kappa shape index (κ1) is 30.0. The molecule has 41 heavy (non-hydrogen) atoms. The third-order valence-corrected chi connectivity index (χ3v) is 6.96. The summed E-state index contributed by atoms with van der Waals surface area (Å²) in [5.74, 6) is -4.44. The molecule has 2 aromatic heterocycles. The summed E-state index contributed by atoms with van der Waals surface area (Å²) in [6, 6.07) is 0.979. The Morgan fingerprint density at radius 3 is 2.39 bits per heavy atom. The molecule has 1 aromatic carbocycles. The lowest BCUT2D eigenvalue weighted by molar-refractivity contribution is -0.256. The van der Waals surface area contributed by atoms with Gasteiger partial charge in [-0.05, 0) is 37.1 Å². The van der Waals surface area contributed by atoms with Crippen LogP contribution in [0.5, 0.6) is 0 Å². The summed E-state index contributed by atoms with van der Waals surface area (Å²) in [5, 5.41) is 15.9. The molecular weight excluding hydrogens is 572 g/mol. The number of aromatic nitrogens is 3. The summed E-state index contributed by atoms with van der Waals surface area (Å²) in [4.78, 5) is 29.5. The molecule has 2 amide bonds. The zero-order chi connectivity index (χ0) is 30.7. The van der Waals surface area contributed by atoms with Crippen molar-refractivity contribution in [2.24, 2.45) is 0 Å². The summed E-state index contributed by atoms with van der Waals surface area (Å²) in [6.07, 6.45) is -12.5. The topological polar surface area (TPSA) is 126 Å². The van der Waals surface area contributed by atoms with Crippen LogP contribution in [0.15, 0.2) is 24.5 Å². The van der Waals surface area contributed by atoms with Crippen molar-refractivity contribution < 1.29 is 49.8 Å². The van der Waals surface area contributed by atoms with Gasteiger partial charge in [-0.25, -0.2) is 18.3 Å². The average Bonchev–Trinajstić information content (AvgIpc) is 3.45. The van der Waals surface area contributed by atoms with E-state index in [2.05, 4.69) is 15.4 Å². The van der Waals surface area contributed by atoms with Crippen LogP contribution in [0.25, 0.3) is 16.8 Å². The third-order valence-electron chi connectivity index (χ3n) is 6.96. The van der Waals surface area contributed by atoms with Gasteiger partial charge in [0.05, 0.1) is 23.8 Å². The Labute approximate surface area is 225 Å². The Balaban J connectivity index is 1.66. The molecule has 3 heterocycles. The van der Waals surface area contributed by atoms with Gasteiger partial charge in [-0.15, -0.1) is 0 Å². The maximum atomic E-state index is 14.9. The minimum Gasteiger partial charge on any atom is -0.382 e. The van der Waals surface area contributed by atoms with Crippen LogP contribution < -0.4 is 11.1 Å². The smallest absolute Gasteiger partial charge is 0.382 e. The molecule has 9 nitrogen and oxygen atoms in total. The highest BCUT2D eigenvalue weighted by atomic mass is 19.4. The Morgan fingerprint density at radius 2 is 1.80 bits per heavy atom. The number of aliphatic hydroxyl groups is 1. The molecule has 1 saturated heterocycles. The van der Waals surface area contributed by atoms with Gasteiger partial charge >= 0.3 is 12.4 Å². The molecule has 222 valence electrons. The minimum atomic E-state index is -5.34. The number of carbonyl (C=O) groups excluding carboxylic acids is 2. The third kappa shape index (κ3) is 5.13. The quantitative estimate of drug-likeness (QED) is 0.389. The first-order valence-corrected chi connectivity index (χ1v) is 11.9. The Hall–Kier alpha value is -4.02. The molecule has 3 atom stereocenters. The molecular formula is C24H22F8N6O3. The number of nitrogens with two attached hydrogens (primary N) is 1. The molecule has 17 heteroatoms. The zero-order valence-corrected chi connectivity index (χ0v) is 21.2. The SMILES string of the molecule is CCC(O)(C(=O)N1C[C@H](F)[C@H](NC(=O)c2cc(-c3cc(C(F)(F)F)c4c(N)ncnn34)cc(F)c2C)C1)C(F)(F)F. The van der Waals surface area contributed by atoms with Gasteiger partial charge in [0.2, 0.25) is 5.60 Å². The van der Waals surface area contributed by atoms with Crippen LogP contribution in [0.2, 0.25) is 0 Å². The van der Waals surface area contributed by atoms with Crippen molar-refractivity contribution in [2.75, 3.05) is 18.8 Å². The highest BCUT2D eigenvalue weighted by molar-refractivity contribution is 5.97. The van der Waals surface area contributed by atoms with Crippen LogP contribution in [0.3, 0.4) is 0 Å². The molecule has 4 rings (SSSR count). The van der Waals surface area contributed by atoms with Crippen molar-refractivity contribution in [3.63, 3.8) is 0 Å². The standard InChI is InChI=1S/C24H22F8N6O3/c1-3-22(41,24(30,31)32)21(40)37-7-15(26)16(8-37)36-20(39)12-4-11(5-14(25)10(12)2)17-6-13(23(27,28)29)18-19(33)34-9-35-38(17)18/h4-6,9,15-16,41H,3,7-8H2,1-2H3,(H,36,39)(H2,33,34,35)/t15-,16+,22?/m0/s1. The van der Waals surface area contributed by atoms with Gasteiger partial charge in [0.15, 0.2) is 5.82 Å². The molecule has 0 aliphatic carbocycles. The Kier molecular flexibility index (Phi) is 7.39. The fourth-order valence-corrected chi connectivity index (χ4v) is 4.60. The van der Waals surface area contributed by atoms with Gasteiger partial charge in [-0.3, -0.25) is 9.59 Å². The maximum Gasteiger partial charge on any atom is 0.426 e. The number of anilines is 1. The van der Waals surface area contributed by atoms with E-state index in [4.69, 9.17) is 5.73 Å². The number of benzene rings is 1. The number of amides is 2. The number of alkyl halides is 7. The molecule has 4 N–H and O–H groups in total. The number of hydrogen-bond donors (Lipinski definition) is 3. The van der Waals surface area contributed by atoms with E-state index in [1.807, 2.05) is 0 Å². The second kappa shape index (κ2) is 10.1. The zero-order valence-electron chi connectivity index (χ0n) is 21.2. The van der Waals surface area contributed by atoms with E-state index in [1.54, 1.807) is 0 Å². The summed E-state index contributed by atoms with van der Waals surface area (Å²) in [7, 11) is 0. The van der Waals surface area contributed by atoms with Crippen molar-refractivity contribution in [2.45, 2.75) is 50.4 Å². The number of rotatable bonds is 5. The molecule has 1 aliphatic rings. The molecule has 1 aliphatic heterocycles. The van der Waals surface area contributed by atoms with Crippen LogP contribution in [0.4, 0.5) is 40.9 Å². The lowest BCUT2D eigenvalue weighted by Gasteiger charge is -2.31. The van der Waals surface area contributed by atoms with Gasteiger partial charge in [-0.1, -0.05) is 6.92 Å². The van der Waals surface area contributed by atoms with E-state index in [-0.39, 0.29) is 16.8 Å². The van der Waals surface area contributed by atoms with E-state index in [1.165, 1.54) is 6.92 Å². The number of carbonyl (C=O) groups is 2. The van der Waals surface area contributed by atoms with Crippen LogP contribution in [-0.2, 0) is 11.0 Å². The minimum absolute atomic E-state index is 0.236. The number of likely N-dealkylation sites (tertiary alicyclic amines) is 1. The van der Waals surface area contributed by atoms with Gasteiger partial charge < -0.3 is 21.1 Å². The van der Waals surface area contributed by atoms with Crippen LogP contribution >= 0.6 is 0 Å². The van der Waals surface area contributed by atoms with E-state index < -0.39 is 89.8 Å². The summed E-state index contributed by atoms with van der Waals surface area (Å²) in [5.41, 5.74) is -1.21. The van der Waals surface area contributed by atoms with Gasteiger partial charge in [0.1, 0.15) is 23.8 Å². The van der Waals surface area contributed by atoms with E-state index in [0.29, 0.717) is 11.0 Å². The Bertz CT molecular complexity index is 1520. The van der Waals surface area contributed by atoms with Crippen molar-refractivity contribution >= 4 is 23.1 Å². The predicted molar refractivity (Wildman–Crippen MR) is 127 cm³/mol. The second-order valence-electron chi connectivity index (χ2n) is 9.50. The van der Waals surface area contributed by atoms with Gasteiger partial charge in [0, 0.05) is 17.7 Å². The number of nitrogen functional groups attached to an aromatic ring is 1. The van der Waals surface area contributed by atoms with E-state index in [9.17, 15) is 49.8 Å². The largest absolute Gasteiger partial charge is 0.426 e. The van der Waals surface area contributed by atoms with E-state index >= 15 is 0 Å². The molecule has 1 fully saturated rings. The average molecular weight is 594 g/mol. The molecule has 3 aromatic rings. The lowest BCUT2D eigenvalue weighted by Crippen LogP contribution is -2.57. The number of nitrogens with zero attached hydrogens (tertiary/aromatic N) is 4. The maximum absolute atomic E-state index is 14.9. The van der Waals surface area contributed by atoms with Crippen molar-refractivity contribution in [1.29, 1.82) is 0 Å². The molecule has 0 radical (unpaired) electrons. The number of nitrogens with one attached hydrogen (secondary N) is 1. The van der Waals surface area contributed by atoms with Gasteiger partial charge in [-0.2, -0.15) is 31.4 Å². The Morgan fingerprint density at radius 1 is 1.15 bits per heavy atom. The molecule has 0 saturated carbocycles. The normalized spacial score (nSPS) is 19.4. The lowest BCUT2D eigenvalue weighted by atomic mass is 9.98. The van der Waals surface area contributed by atoms with Crippen LogP contribution in [0, 0.1) is 12.7 Å². The van der Waals surface area contributed by atoms with Crippen molar-refractivity contribution in [1.82, 2.24) is 24.8 Å². The van der Waals surface area contributed by atoms with Crippen LogP contribution in [-0.4, -0.2) is 73.5 Å². The van der Waals surface area contributed by atoms with Gasteiger partial charge in [0.25, 0.3) is 11.8 Å². The highest BCUT2D eigenvalue weighted by Crippen LogP contribution is 2.39. The summed E-state index contributed by atoms with van der Waals surface area (Å²) in [6.45, 7) is 0.491. The first-order chi connectivity index (χ1) is 18.9. The van der Waals surface area contributed by atoms with Crippen molar-refractivity contribution in [3.8, 4) is 11.3 Å². The fraction of sp³-hybridized carbons (Fsp3) is 0.417. The second-order valence-corrected chi connectivity index (χ2v) is 9.50. The highest BCUT2D eigenvalue weighted by Gasteiger charge is 2.60. The monoisotopic (exact) mass is 594 g/mol. The number of halogens is 8. The fourth-order valence-electron chi connectivity index (χ4n) is 4.60. The number of hydrogen-bond acceptors (Lipinski definition) is 6. The summed E-state index contributed by atoms with van der Waals surface area (Å²) >= 11 is 0. The molecule has 0 spiro atoms. The van der Waals surface area contributed by atoms with E-state index in [0.717, 1.165) is 29.9 Å². The summed E-state index contributed by atoms with van der Waals surface area (Å²) < 4.78 is 111. The predicted octanol–water partition coefficient (Wildman–Crippen LogP) is 3.43. The molecule has 0 bridgehead atoms. The van der Waals surface area contributed by atoms with Crippen LogP contribution in [0.1, 0.15) is 34.8 Å². The number of fused-ring (bicyclic) bond motifs is 1. The molecule has 1 unspecified atom stereocenters. The first-order valence-electron chi connectivity index (χ1n) is 11.9. The van der Waals surface area contributed by atoms with Crippen molar-refractivity contribution in [3.05, 3.63) is 47.0 Å².